The number of methoxy groups -OCH3 is 1. The van der Waals surface area contributed by atoms with Gasteiger partial charge in [-0.25, -0.2) is 0 Å². The molecule has 0 saturated carbocycles. The van der Waals surface area contributed by atoms with Gasteiger partial charge in [0.2, 0.25) is 0 Å². The average Bonchev–Trinajstić information content (AvgIpc) is 2.34. The molecule has 0 aliphatic carbocycles. The Hall–Kier alpha value is -0.690. The van der Waals surface area contributed by atoms with E-state index in [0.29, 0.717) is 19.8 Å². The van der Waals surface area contributed by atoms with Gasteiger partial charge in [-0.2, -0.15) is 0 Å². The molecule has 0 aromatic carbocycles. The predicted octanol–water partition coefficient (Wildman–Crippen LogP) is 0.195. The Morgan fingerprint density at radius 2 is 2.21 bits per heavy atom. The maximum absolute atomic E-state index is 11.3. The van der Waals surface area contributed by atoms with Crippen molar-refractivity contribution in [3.63, 3.8) is 0 Å². The Kier molecular flexibility index (Phi) is 7.30. The van der Waals surface area contributed by atoms with Crippen LogP contribution in [0.5, 0.6) is 0 Å². The molecule has 3 atom stereocenters. The highest BCUT2D eigenvalue weighted by atomic mass is 16.5. The Labute approximate surface area is 114 Å². The van der Waals surface area contributed by atoms with Gasteiger partial charge in [0.25, 0.3) is 0 Å². The summed E-state index contributed by atoms with van der Waals surface area (Å²) in [5.41, 5.74) is 0. The molecular weight excluding hydrogens is 250 g/mol. The fraction of sp³-hybridized carbons (Fsp3) is 0.923. The van der Waals surface area contributed by atoms with Gasteiger partial charge in [-0.15, -0.1) is 0 Å². The van der Waals surface area contributed by atoms with Crippen molar-refractivity contribution in [2.24, 2.45) is 5.92 Å². The lowest BCUT2D eigenvalue weighted by molar-refractivity contribution is -0.147. The molecule has 0 bridgehead atoms. The third-order valence-electron chi connectivity index (χ3n) is 3.48. The second-order valence-corrected chi connectivity index (χ2v) is 5.12. The summed E-state index contributed by atoms with van der Waals surface area (Å²) < 4.78 is 10.1. The molecule has 0 radical (unpaired) electrons. The van der Waals surface area contributed by atoms with Gasteiger partial charge in [-0.05, 0) is 25.3 Å². The first-order chi connectivity index (χ1) is 9.06. The lowest BCUT2D eigenvalue weighted by atomic mass is 9.90. The van der Waals surface area contributed by atoms with Crippen molar-refractivity contribution in [3.05, 3.63) is 0 Å². The molecule has 1 heterocycles. The van der Waals surface area contributed by atoms with E-state index in [4.69, 9.17) is 9.47 Å². The van der Waals surface area contributed by atoms with Crippen LogP contribution in [0.3, 0.4) is 0 Å². The minimum atomic E-state index is -0.806. The number of carbonyl (C=O) groups is 1. The summed E-state index contributed by atoms with van der Waals surface area (Å²) in [6.45, 7) is 4.15. The smallest absolute Gasteiger partial charge is 0.321 e. The van der Waals surface area contributed by atoms with Crippen LogP contribution >= 0.6 is 0 Å². The van der Waals surface area contributed by atoms with Crippen LogP contribution in [0.2, 0.25) is 0 Å². The molecule has 0 spiro atoms. The van der Waals surface area contributed by atoms with E-state index in [1.807, 2.05) is 11.8 Å². The van der Waals surface area contributed by atoms with Crippen molar-refractivity contribution in [3.8, 4) is 0 Å². The second-order valence-electron chi connectivity index (χ2n) is 5.12. The Balaban J connectivity index is 2.37. The molecule has 1 aliphatic heterocycles. The first-order valence-corrected chi connectivity index (χ1v) is 6.77. The van der Waals surface area contributed by atoms with Gasteiger partial charge in [0, 0.05) is 13.7 Å². The molecule has 1 aliphatic rings. The van der Waals surface area contributed by atoms with Crippen molar-refractivity contribution in [2.75, 3.05) is 40.0 Å². The van der Waals surface area contributed by atoms with Crippen LogP contribution in [0.15, 0.2) is 0 Å². The number of aliphatic hydroxyl groups is 1. The number of piperidine rings is 1. The van der Waals surface area contributed by atoms with E-state index in [-0.39, 0.29) is 12.5 Å². The quantitative estimate of drug-likeness (QED) is 0.616. The van der Waals surface area contributed by atoms with Crippen molar-refractivity contribution < 1.29 is 24.5 Å². The lowest BCUT2D eigenvalue weighted by Crippen LogP contribution is -2.52. The highest BCUT2D eigenvalue weighted by molar-refractivity contribution is 5.74. The molecule has 1 saturated heterocycles. The normalized spacial score (nSPS) is 26.3. The maximum Gasteiger partial charge on any atom is 0.321 e. The predicted molar refractivity (Wildman–Crippen MR) is 70.1 cm³/mol. The zero-order valence-corrected chi connectivity index (χ0v) is 11.7. The number of rotatable bonds is 8. The number of hydrogen-bond acceptors (Lipinski definition) is 5. The van der Waals surface area contributed by atoms with Crippen LogP contribution < -0.4 is 0 Å². The molecule has 0 aromatic rings. The molecule has 6 heteroatoms. The van der Waals surface area contributed by atoms with Crippen molar-refractivity contribution in [1.29, 1.82) is 0 Å². The van der Waals surface area contributed by atoms with Crippen LogP contribution in [-0.2, 0) is 14.3 Å². The number of aliphatic hydroxyl groups excluding tert-OH is 1. The summed E-state index contributed by atoms with van der Waals surface area (Å²) >= 11 is 0. The molecular formula is C13H25NO5. The third-order valence-corrected chi connectivity index (χ3v) is 3.48. The van der Waals surface area contributed by atoms with Gasteiger partial charge in [-0.1, -0.05) is 6.92 Å². The van der Waals surface area contributed by atoms with E-state index in [1.54, 1.807) is 7.11 Å². The molecule has 19 heavy (non-hydrogen) atoms. The van der Waals surface area contributed by atoms with Gasteiger partial charge in [-0.3, -0.25) is 9.69 Å². The largest absolute Gasteiger partial charge is 0.480 e. The first-order valence-electron chi connectivity index (χ1n) is 6.77. The van der Waals surface area contributed by atoms with Crippen LogP contribution in [0.4, 0.5) is 0 Å². The minimum Gasteiger partial charge on any atom is -0.480 e. The number of β-amino-alcohol motifs (C(OH)–C–C–N with tert-alkyl or cyclic N) is 1. The summed E-state index contributed by atoms with van der Waals surface area (Å²) in [7, 11) is 1.59. The number of carboxylic acid groups (broad SMARTS) is 1. The number of hydrogen-bond donors (Lipinski definition) is 2. The second kappa shape index (κ2) is 8.47. The van der Waals surface area contributed by atoms with Gasteiger partial charge in [0.05, 0.1) is 25.9 Å². The summed E-state index contributed by atoms with van der Waals surface area (Å²) in [6, 6.07) is -0.498. The molecule has 1 rings (SSSR count). The fourth-order valence-corrected chi connectivity index (χ4v) is 2.56. The maximum atomic E-state index is 11.3. The minimum absolute atomic E-state index is 0.118. The number of ether oxygens (including phenoxy) is 2. The standard InChI is InChI=1S/C13H25NO5/c1-10-4-3-5-14(12(10)13(16)17)8-11(15)9-19-7-6-18-2/h10-12,15H,3-9H2,1-2H3,(H,16,17). The molecule has 0 aromatic heterocycles. The summed E-state index contributed by atoms with van der Waals surface area (Å²) in [4.78, 5) is 13.1. The number of likely N-dealkylation sites (tertiary alicyclic amines) is 1. The summed E-state index contributed by atoms with van der Waals surface area (Å²) in [6.07, 6.45) is 1.24. The van der Waals surface area contributed by atoms with Crippen molar-refractivity contribution >= 4 is 5.97 Å². The Morgan fingerprint density at radius 1 is 1.47 bits per heavy atom. The van der Waals surface area contributed by atoms with Crippen molar-refractivity contribution in [1.82, 2.24) is 4.90 Å². The number of carboxylic acids is 1. The molecule has 6 nitrogen and oxygen atoms in total. The number of aliphatic carboxylic acids is 1. The first kappa shape index (κ1) is 16.4. The lowest BCUT2D eigenvalue weighted by Gasteiger charge is -2.38. The van der Waals surface area contributed by atoms with Gasteiger partial charge in [0.1, 0.15) is 6.04 Å². The van der Waals surface area contributed by atoms with Gasteiger partial charge < -0.3 is 19.7 Å². The summed E-state index contributed by atoms with van der Waals surface area (Å²) in [5, 5.41) is 19.2. The number of nitrogens with zero attached hydrogens (tertiary/aromatic N) is 1. The van der Waals surface area contributed by atoms with Crippen LogP contribution in [-0.4, -0.2) is 73.2 Å². The van der Waals surface area contributed by atoms with Crippen LogP contribution in [0.25, 0.3) is 0 Å². The van der Waals surface area contributed by atoms with E-state index in [0.717, 1.165) is 19.4 Å². The van der Waals surface area contributed by atoms with Gasteiger partial charge >= 0.3 is 5.97 Å². The zero-order chi connectivity index (χ0) is 14.3. The fourth-order valence-electron chi connectivity index (χ4n) is 2.56. The SMILES string of the molecule is COCCOCC(O)CN1CCCC(C)C1C(=O)O. The molecule has 3 unspecified atom stereocenters. The monoisotopic (exact) mass is 275 g/mol. The average molecular weight is 275 g/mol. The molecule has 2 N–H and O–H groups in total. The summed E-state index contributed by atoms with van der Waals surface area (Å²) in [5.74, 6) is -0.687. The van der Waals surface area contributed by atoms with Crippen LogP contribution in [0.1, 0.15) is 19.8 Å². The van der Waals surface area contributed by atoms with Crippen molar-refractivity contribution in [2.45, 2.75) is 31.9 Å². The molecule has 112 valence electrons. The Bertz CT molecular complexity index is 274. The Morgan fingerprint density at radius 3 is 2.84 bits per heavy atom. The highest BCUT2D eigenvalue weighted by Gasteiger charge is 2.34. The van der Waals surface area contributed by atoms with Crippen LogP contribution in [0, 0.1) is 5.92 Å². The molecule has 1 fully saturated rings. The molecule has 0 amide bonds. The third kappa shape index (κ3) is 5.44. The van der Waals surface area contributed by atoms with E-state index >= 15 is 0 Å². The van der Waals surface area contributed by atoms with E-state index in [2.05, 4.69) is 0 Å². The highest BCUT2D eigenvalue weighted by Crippen LogP contribution is 2.23. The van der Waals surface area contributed by atoms with Gasteiger partial charge in [0.15, 0.2) is 0 Å². The topological polar surface area (TPSA) is 79.2 Å². The van der Waals surface area contributed by atoms with E-state index in [1.165, 1.54) is 0 Å². The van der Waals surface area contributed by atoms with E-state index in [9.17, 15) is 15.0 Å². The van der Waals surface area contributed by atoms with E-state index < -0.39 is 18.1 Å². The zero-order valence-electron chi connectivity index (χ0n) is 11.7.